The fraction of sp³-hybridized carbons (Fsp3) is 1.00. The third-order valence-electron chi connectivity index (χ3n) is 9.65. The topological polar surface area (TPSA) is 162 Å². The van der Waals surface area contributed by atoms with Gasteiger partial charge in [0.05, 0.1) is 0 Å². The summed E-state index contributed by atoms with van der Waals surface area (Å²) in [6.07, 6.45) is 31.4. The van der Waals surface area contributed by atoms with Crippen molar-refractivity contribution in [2.24, 2.45) is 0 Å². The Morgan fingerprint density at radius 3 is 0.442 bits per heavy atom. The molecule has 0 saturated heterocycles. The Bertz CT molecular complexity index is 596. The molecular weight excluding hydrogens is 548 g/mol. The normalized spacial score (nSPS) is 26.8. The third-order valence-corrected chi connectivity index (χ3v) is 9.65. The highest BCUT2D eigenvalue weighted by molar-refractivity contribution is 5.00. The number of hydrogen-bond donors (Lipinski definition) is 8. The molecule has 1 aliphatic carbocycles. The average molecular weight is 619 g/mol. The van der Waals surface area contributed by atoms with Crippen LogP contribution >= 0.6 is 0 Å². The van der Waals surface area contributed by atoms with Crippen LogP contribution in [0.5, 0.6) is 0 Å². The SMILES string of the molecule is OC1(O)CCCCCCCCCCCCCCCCCCCCCCCCCCCCCCCC(O)(O)C(O)(O)C1(O)O. The van der Waals surface area contributed by atoms with Crippen molar-refractivity contribution >= 4 is 0 Å². The van der Waals surface area contributed by atoms with Crippen LogP contribution in [0.3, 0.4) is 0 Å². The molecule has 0 radical (unpaired) electrons. The Labute approximate surface area is 262 Å². The van der Waals surface area contributed by atoms with Crippen LogP contribution in [-0.4, -0.2) is 64.0 Å². The lowest BCUT2D eigenvalue weighted by molar-refractivity contribution is -0.507. The smallest absolute Gasteiger partial charge is 0.279 e. The lowest BCUT2D eigenvalue weighted by Gasteiger charge is -2.47. The van der Waals surface area contributed by atoms with Gasteiger partial charge in [0.25, 0.3) is 11.6 Å². The van der Waals surface area contributed by atoms with E-state index in [2.05, 4.69) is 0 Å². The molecule has 0 bridgehead atoms. The van der Waals surface area contributed by atoms with Crippen LogP contribution in [0.1, 0.15) is 199 Å². The van der Waals surface area contributed by atoms with E-state index in [1.54, 1.807) is 0 Å². The zero-order chi connectivity index (χ0) is 31.9. The molecule has 0 aromatic rings. The summed E-state index contributed by atoms with van der Waals surface area (Å²) in [6.45, 7) is 0. The minimum atomic E-state index is -3.97. The van der Waals surface area contributed by atoms with E-state index >= 15 is 0 Å². The first-order valence-electron chi connectivity index (χ1n) is 18.2. The van der Waals surface area contributed by atoms with Gasteiger partial charge >= 0.3 is 0 Å². The van der Waals surface area contributed by atoms with Crippen molar-refractivity contribution in [3.05, 3.63) is 0 Å². The van der Waals surface area contributed by atoms with E-state index in [1.807, 2.05) is 0 Å². The van der Waals surface area contributed by atoms with Crippen LogP contribution < -0.4 is 0 Å². The number of aliphatic hydroxyl groups is 8. The average Bonchev–Trinajstić information content (AvgIpc) is 2.95. The van der Waals surface area contributed by atoms with Gasteiger partial charge in [-0.15, -0.1) is 0 Å². The predicted octanol–water partition coefficient (Wildman–Crippen LogP) is 6.82. The molecule has 0 atom stereocenters. The molecule has 43 heavy (non-hydrogen) atoms. The van der Waals surface area contributed by atoms with Crippen LogP contribution in [-0.2, 0) is 0 Å². The largest absolute Gasteiger partial charge is 0.361 e. The molecule has 0 aromatic carbocycles. The molecule has 0 unspecified atom stereocenters. The van der Waals surface area contributed by atoms with Gasteiger partial charge in [0, 0.05) is 12.8 Å². The van der Waals surface area contributed by atoms with E-state index in [0.717, 1.165) is 38.5 Å². The lowest BCUT2D eigenvalue weighted by Crippen LogP contribution is -2.76. The zero-order valence-corrected chi connectivity index (χ0v) is 27.5. The highest BCUT2D eigenvalue weighted by Crippen LogP contribution is 2.39. The van der Waals surface area contributed by atoms with Crippen molar-refractivity contribution < 1.29 is 40.9 Å². The fourth-order valence-corrected chi connectivity index (χ4v) is 6.42. The molecule has 1 fully saturated rings. The van der Waals surface area contributed by atoms with E-state index in [-0.39, 0.29) is 12.8 Å². The molecule has 258 valence electrons. The quantitative estimate of drug-likeness (QED) is 0.137. The van der Waals surface area contributed by atoms with Crippen molar-refractivity contribution in [3.63, 3.8) is 0 Å². The van der Waals surface area contributed by atoms with Crippen molar-refractivity contribution in [3.8, 4) is 0 Å². The monoisotopic (exact) mass is 619 g/mol. The molecule has 1 saturated carbocycles. The summed E-state index contributed by atoms with van der Waals surface area (Å²) in [6, 6.07) is 0. The molecule has 0 aromatic heterocycles. The molecule has 1 aliphatic rings. The Balaban J connectivity index is 2.48. The summed E-state index contributed by atoms with van der Waals surface area (Å²) in [5.74, 6) is -14.6. The lowest BCUT2D eigenvalue weighted by atomic mass is 9.84. The summed E-state index contributed by atoms with van der Waals surface area (Å²) < 4.78 is 0. The van der Waals surface area contributed by atoms with E-state index in [0.29, 0.717) is 12.8 Å². The molecule has 0 spiro atoms. The zero-order valence-electron chi connectivity index (χ0n) is 27.5. The van der Waals surface area contributed by atoms with E-state index in [1.165, 1.54) is 122 Å². The Hall–Kier alpha value is -0.320. The fourth-order valence-electron chi connectivity index (χ4n) is 6.42. The molecule has 0 aliphatic heterocycles. The van der Waals surface area contributed by atoms with Crippen LogP contribution in [0.2, 0.25) is 0 Å². The van der Waals surface area contributed by atoms with Crippen molar-refractivity contribution in [1.82, 2.24) is 0 Å². The van der Waals surface area contributed by atoms with Gasteiger partial charge < -0.3 is 40.9 Å². The maximum absolute atomic E-state index is 10.4. The first-order valence-corrected chi connectivity index (χ1v) is 18.2. The van der Waals surface area contributed by atoms with Gasteiger partial charge in [0.15, 0.2) is 0 Å². The minimum absolute atomic E-state index is 0.204. The van der Waals surface area contributed by atoms with Gasteiger partial charge in [-0.05, 0) is 12.8 Å². The molecule has 0 amide bonds. The molecule has 0 heterocycles. The Morgan fingerprint density at radius 2 is 0.302 bits per heavy atom. The summed E-state index contributed by atoms with van der Waals surface area (Å²) in [5.41, 5.74) is 0. The first kappa shape index (κ1) is 40.7. The van der Waals surface area contributed by atoms with Crippen molar-refractivity contribution in [1.29, 1.82) is 0 Å². The van der Waals surface area contributed by atoms with Gasteiger partial charge in [-0.2, -0.15) is 0 Å². The summed E-state index contributed by atoms with van der Waals surface area (Å²) in [4.78, 5) is 0. The number of rotatable bonds is 0. The predicted molar refractivity (Wildman–Crippen MR) is 172 cm³/mol. The summed E-state index contributed by atoms with van der Waals surface area (Å²) in [5, 5.41) is 82.7. The second-order valence-corrected chi connectivity index (χ2v) is 13.7. The first-order chi connectivity index (χ1) is 20.5. The van der Waals surface area contributed by atoms with E-state index in [9.17, 15) is 40.9 Å². The Kier molecular flexibility index (Phi) is 21.8. The van der Waals surface area contributed by atoms with Gasteiger partial charge in [0.2, 0.25) is 11.6 Å². The molecular formula is C35H70O8. The van der Waals surface area contributed by atoms with Crippen LogP contribution in [0.15, 0.2) is 0 Å². The molecule has 1 rings (SSSR count). The maximum atomic E-state index is 10.4. The van der Waals surface area contributed by atoms with E-state index < -0.39 is 36.0 Å². The Morgan fingerprint density at radius 1 is 0.186 bits per heavy atom. The van der Waals surface area contributed by atoms with Crippen molar-refractivity contribution in [2.75, 3.05) is 0 Å². The minimum Gasteiger partial charge on any atom is -0.361 e. The van der Waals surface area contributed by atoms with Gasteiger partial charge in [-0.25, -0.2) is 0 Å². The van der Waals surface area contributed by atoms with Crippen molar-refractivity contribution in [2.45, 2.75) is 222 Å². The second-order valence-electron chi connectivity index (χ2n) is 13.7. The summed E-state index contributed by atoms with van der Waals surface area (Å²) >= 11 is 0. The van der Waals surface area contributed by atoms with Crippen LogP contribution in [0.4, 0.5) is 0 Å². The molecule has 8 nitrogen and oxygen atoms in total. The highest BCUT2D eigenvalue weighted by atomic mass is 16.7. The standard InChI is InChI=1S/C35H70O8/c36-32(37)30-28-26-24-22-20-18-16-14-12-10-8-6-4-2-1-3-5-7-9-11-13-15-17-19-21-23-25-27-29-31-33(38,39)35(42,43)34(32,40)41/h36-43H,1-31H2. The second kappa shape index (κ2) is 23.1. The van der Waals surface area contributed by atoms with Crippen LogP contribution in [0, 0.1) is 0 Å². The molecule has 8 N–H and O–H groups in total. The highest BCUT2D eigenvalue weighted by Gasteiger charge is 2.69. The van der Waals surface area contributed by atoms with E-state index in [4.69, 9.17) is 0 Å². The maximum Gasteiger partial charge on any atom is 0.279 e. The molecule has 8 heteroatoms. The van der Waals surface area contributed by atoms with Gasteiger partial charge in [-0.3, -0.25) is 0 Å². The van der Waals surface area contributed by atoms with Gasteiger partial charge in [0.1, 0.15) is 0 Å². The number of hydrogen-bond acceptors (Lipinski definition) is 8. The van der Waals surface area contributed by atoms with Gasteiger partial charge in [-0.1, -0.05) is 173 Å². The third kappa shape index (κ3) is 16.7. The van der Waals surface area contributed by atoms with Crippen LogP contribution in [0.25, 0.3) is 0 Å². The summed E-state index contributed by atoms with van der Waals surface area (Å²) in [7, 11) is 0.